The molecule has 112 valence electrons. The average Bonchev–Trinajstić information content (AvgIpc) is 2.91. The molecular formula is C15H21N5O. The van der Waals surface area contributed by atoms with E-state index in [2.05, 4.69) is 29.6 Å². The molecule has 1 aromatic heterocycles. The van der Waals surface area contributed by atoms with Crippen LogP contribution in [0.1, 0.15) is 25.5 Å². The minimum atomic E-state index is -0.554. The van der Waals surface area contributed by atoms with E-state index in [4.69, 9.17) is 5.73 Å². The predicted molar refractivity (Wildman–Crippen MR) is 82.9 cm³/mol. The van der Waals surface area contributed by atoms with Gasteiger partial charge in [-0.1, -0.05) is 12.1 Å². The maximum Gasteiger partial charge on any atom is 0.316 e. The van der Waals surface area contributed by atoms with Gasteiger partial charge in [-0.25, -0.2) is 4.79 Å². The Morgan fingerprint density at radius 2 is 2.05 bits per heavy atom. The zero-order chi connectivity index (χ0) is 15.2. The molecule has 2 amide bonds. The van der Waals surface area contributed by atoms with Gasteiger partial charge in [0.25, 0.3) is 0 Å². The first-order valence-corrected chi connectivity index (χ1v) is 6.94. The van der Waals surface area contributed by atoms with E-state index in [1.807, 2.05) is 41.2 Å². The van der Waals surface area contributed by atoms with E-state index in [0.717, 1.165) is 12.1 Å². The van der Waals surface area contributed by atoms with Crippen LogP contribution in [0.4, 0.5) is 10.5 Å². The average molecular weight is 287 g/mol. The molecule has 0 aliphatic rings. The minimum Gasteiger partial charge on any atom is -0.351 e. The van der Waals surface area contributed by atoms with Gasteiger partial charge in [0.05, 0.1) is 6.54 Å². The maximum atomic E-state index is 10.8. The summed E-state index contributed by atoms with van der Waals surface area (Å²) in [5.74, 6) is 0. The molecular weight excluding hydrogens is 266 g/mol. The number of urea groups is 1. The summed E-state index contributed by atoms with van der Waals surface area (Å²) in [4.78, 5) is 10.8. The van der Waals surface area contributed by atoms with Gasteiger partial charge in [0.1, 0.15) is 0 Å². The van der Waals surface area contributed by atoms with Crippen molar-refractivity contribution in [3.05, 3.63) is 48.3 Å². The standard InChI is InChI=1S/C15H21N5O/c1-11(10-20-9-3-8-17-20)18-12(2)13-4-6-14(7-5-13)19-15(16)21/h3-9,11-12,18H,10H2,1-2H3,(H3,16,19,21). The molecule has 0 bridgehead atoms. The molecule has 21 heavy (non-hydrogen) atoms. The molecule has 2 aromatic rings. The van der Waals surface area contributed by atoms with Crippen LogP contribution in [0.25, 0.3) is 0 Å². The lowest BCUT2D eigenvalue weighted by Gasteiger charge is -2.20. The summed E-state index contributed by atoms with van der Waals surface area (Å²) in [5.41, 5.74) is 6.93. The van der Waals surface area contributed by atoms with Gasteiger partial charge in [0.15, 0.2) is 0 Å². The highest BCUT2D eigenvalue weighted by molar-refractivity contribution is 5.87. The molecule has 0 radical (unpaired) electrons. The Bertz CT molecular complexity index is 564. The number of carbonyl (C=O) groups is 1. The molecule has 0 aliphatic carbocycles. The molecule has 2 rings (SSSR count). The number of amides is 2. The second kappa shape index (κ2) is 6.90. The maximum absolute atomic E-state index is 10.8. The van der Waals surface area contributed by atoms with Crippen molar-refractivity contribution >= 4 is 11.7 Å². The molecule has 1 heterocycles. The Kier molecular flexibility index (Phi) is 4.94. The van der Waals surface area contributed by atoms with E-state index in [-0.39, 0.29) is 6.04 Å². The molecule has 2 unspecified atom stereocenters. The van der Waals surface area contributed by atoms with Gasteiger partial charge in [-0.05, 0) is 37.6 Å². The fourth-order valence-electron chi connectivity index (χ4n) is 2.26. The van der Waals surface area contributed by atoms with Crippen molar-refractivity contribution in [3.8, 4) is 0 Å². The second-order valence-corrected chi connectivity index (χ2v) is 5.13. The molecule has 0 spiro atoms. The number of rotatable bonds is 6. The van der Waals surface area contributed by atoms with Crippen molar-refractivity contribution < 1.29 is 4.79 Å². The largest absolute Gasteiger partial charge is 0.351 e. The molecule has 4 N–H and O–H groups in total. The van der Waals surface area contributed by atoms with E-state index < -0.39 is 6.03 Å². The van der Waals surface area contributed by atoms with Crippen molar-refractivity contribution in [1.29, 1.82) is 0 Å². The number of carbonyl (C=O) groups excluding carboxylic acids is 1. The normalized spacial score (nSPS) is 13.6. The topological polar surface area (TPSA) is 85.0 Å². The molecule has 0 fully saturated rings. The summed E-state index contributed by atoms with van der Waals surface area (Å²) >= 11 is 0. The number of nitrogens with zero attached hydrogens (tertiary/aromatic N) is 2. The van der Waals surface area contributed by atoms with E-state index in [1.54, 1.807) is 6.20 Å². The monoisotopic (exact) mass is 287 g/mol. The van der Waals surface area contributed by atoms with E-state index >= 15 is 0 Å². The van der Waals surface area contributed by atoms with Crippen LogP contribution in [-0.4, -0.2) is 21.9 Å². The fourth-order valence-corrected chi connectivity index (χ4v) is 2.26. The highest BCUT2D eigenvalue weighted by atomic mass is 16.2. The summed E-state index contributed by atoms with van der Waals surface area (Å²) < 4.78 is 1.91. The molecule has 0 saturated heterocycles. The van der Waals surface area contributed by atoms with Gasteiger partial charge in [0, 0.05) is 30.2 Å². The van der Waals surface area contributed by atoms with E-state index in [1.165, 1.54) is 0 Å². The Balaban J connectivity index is 1.90. The van der Waals surface area contributed by atoms with E-state index in [0.29, 0.717) is 11.7 Å². The van der Waals surface area contributed by atoms with E-state index in [9.17, 15) is 4.79 Å². The van der Waals surface area contributed by atoms with Crippen molar-refractivity contribution in [1.82, 2.24) is 15.1 Å². The van der Waals surface area contributed by atoms with Crippen LogP contribution in [0.5, 0.6) is 0 Å². The van der Waals surface area contributed by atoms with Crippen LogP contribution in [0.2, 0.25) is 0 Å². The summed E-state index contributed by atoms with van der Waals surface area (Å²) in [5, 5.41) is 10.3. The number of hydrogen-bond acceptors (Lipinski definition) is 3. The number of nitrogens with one attached hydrogen (secondary N) is 2. The van der Waals surface area contributed by atoms with Gasteiger partial charge in [-0.15, -0.1) is 0 Å². The summed E-state index contributed by atoms with van der Waals surface area (Å²) in [6, 6.07) is 9.50. The highest BCUT2D eigenvalue weighted by Gasteiger charge is 2.10. The first-order valence-electron chi connectivity index (χ1n) is 6.94. The lowest BCUT2D eigenvalue weighted by atomic mass is 10.1. The van der Waals surface area contributed by atoms with Gasteiger partial charge >= 0.3 is 6.03 Å². The molecule has 6 nitrogen and oxygen atoms in total. The third kappa shape index (κ3) is 4.61. The predicted octanol–water partition coefficient (Wildman–Crippen LogP) is 2.11. The number of primary amides is 1. The Morgan fingerprint density at radius 3 is 2.62 bits per heavy atom. The molecule has 2 atom stereocenters. The first kappa shape index (κ1) is 15.1. The smallest absolute Gasteiger partial charge is 0.316 e. The number of aromatic nitrogens is 2. The van der Waals surface area contributed by atoms with Crippen LogP contribution in [0.3, 0.4) is 0 Å². The number of benzene rings is 1. The minimum absolute atomic E-state index is 0.207. The van der Waals surface area contributed by atoms with Crippen molar-refractivity contribution in [2.45, 2.75) is 32.5 Å². The van der Waals surface area contributed by atoms with Crippen molar-refractivity contribution in [2.75, 3.05) is 5.32 Å². The van der Waals surface area contributed by atoms with Crippen LogP contribution in [0.15, 0.2) is 42.7 Å². The summed E-state index contributed by atoms with van der Waals surface area (Å²) in [6.45, 7) is 5.05. The van der Waals surface area contributed by atoms with Gasteiger partial charge in [0.2, 0.25) is 0 Å². The number of anilines is 1. The van der Waals surface area contributed by atoms with Crippen molar-refractivity contribution in [2.24, 2.45) is 5.73 Å². The summed E-state index contributed by atoms with van der Waals surface area (Å²) in [7, 11) is 0. The van der Waals surface area contributed by atoms with Crippen LogP contribution < -0.4 is 16.4 Å². The molecule has 0 aliphatic heterocycles. The zero-order valence-electron chi connectivity index (χ0n) is 12.3. The molecule has 1 aromatic carbocycles. The summed E-state index contributed by atoms with van der Waals surface area (Å²) in [6.07, 6.45) is 3.73. The fraction of sp³-hybridized carbons (Fsp3) is 0.333. The third-order valence-electron chi connectivity index (χ3n) is 3.23. The zero-order valence-corrected chi connectivity index (χ0v) is 12.3. The first-order chi connectivity index (χ1) is 10.0. The Morgan fingerprint density at radius 1 is 1.33 bits per heavy atom. The lowest BCUT2D eigenvalue weighted by molar-refractivity contribution is 0.259. The Hall–Kier alpha value is -2.34. The van der Waals surface area contributed by atoms with Crippen LogP contribution in [-0.2, 0) is 6.54 Å². The quantitative estimate of drug-likeness (QED) is 0.760. The van der Waals surface area contributed by atoms with Crippen molar-refractivity contribution in [3.63, 3.8) is 0 Å². The highest BCUT2D eigenvalue weighted by Crippen LogP contribution is 2.16. The van der Waals surface area contributed by atoms with Gasteiger partial charge in [-0.2, -0.15) is 5.10 Å². The van der Waals surface area contributed by atoms with Crippen LogP contribution in [0, 0.1) is 0 Å². The van der Waals surface area contributed by atoms with Gasteiger partial charge in [-0.3, -0.25) is 4.68 Å². The molecule has 0 saturated carbocycles. The Labute approximate surface area is 124 Å². The lowest BCUT2D eigenvalue weighted by Crippen LogP contribution is -2.32. The number of nitrogens with two attached hydrogens (primary N) is 1. The SMILES string of the molecule is CC(Cn1cccn1)NC(C)c1ccc(NC(N)=O)cc1. The number of hydrogen-bond donors (Lipinski definition) is 3. The van der Waals surface area contributed by atoms with Crippen LogP contribution >= 0.6 is 0 Å². The second-order valence-electron chi connectivity index (χ2n) is 5.13. The molecule has 6 heteroatoms. The third-order valence-corrected chi connectivity index (χ3v) is 3.23. The van der Waals surface area contributed by atoms with Gasteiger partial charge < -0.3 is 16.4 Å².